The second-order valence-corrected chi connectivity index (χ2v) is 7.84. The predicted octanol–water partition coefficient (Wildman–Crippen LogP) is 4.33. The lowest BCUT2D eigenvalue weighted by atomic mass is 9.96. The van der Waals surface area contributed by atoms with Crippen molar-refractivity contribution in [3.05, 3.63) is 39.8 Å². The highest BCUT2D eigenvalue weighted by Crippen LogP contribution is 2.44. The minimum absolute atomic E-state index is 0.0206. The molecule has 1 N–H and O–H groups in total. The zero-order valence-corrected chi connectivity index (χ0v) is 16.6. The van der Waals surface area contributed by atoms with E-state index >= 15 is 0 Å². The molecular weight excluding hydrogens is 344 g/mol. The predicted molar refractivity (Wildman–Crippen MR) is 107 cm³/mol. The zero-order valence-electron chi connectivity index (χ0n) is 17.6. The Morgan fingerprint density at radius 1 is 1.33 bits per heavy atom. The van der Waals surface area contributed by atoms with E-state index in [1.807, 2.05) is 39.8 Å². The van der Waals surface area contributed by atoms with Gasteiger partial charge >= 0.3 is 5.63 Å². The molecule has 1 aliphatic heterocycles. The number of ether oxygens (including phenoxy) is 2. The Balaban J connectivity index is 2.19. The first kappa shape index (κ1) is 18.1. The van der Waals surface area contributed by atoms with E-state index in [1.165, 1.54) is 0 Å². The summed E-state index contributed by atoms with van der Waals surface area (Å²) in [4.78, 5) is 12.1. The Bertz CT molecular complexity index is 944. The van der Waals surface area contributed by atoms with Gasteiger partial charge in [-0.05, 0) is 44.9 Å². The van der Waals surface area contributed by atoms with Gasteiger partial charge in [0.2, 0.25) is 1.43 Å². The van der Waals surface area contributed by atoms with Crippen molar-refractivity contribution in [2.45, 2.75) is 59.2 Å². The molecule has 2 heterocycles. The van der Waals surface area contributed by atoms with Gasteiger partial charge in [0.15, 0.2) is 0 Å². The number of aliphatic hydroxyl groups excluding tert-OH is 1. The van der Waals surface area contributed by atoms with Crippen molar-refractivity contribution < 1.29 is 19.0 Å². The highest BCUT2D eigenvalue weighted by Gasteiger charge is 2.29. The van der Waals surface area contributed by atoms with Gasteiger partial charge in [0.25, 0.3) is 0 Å². The molecule has 2 atom stereocenters. The zero-order chi connectivity index (χ0) is 20.5. The van der Waals surface area contributed by atoms with Gasteiger partial charge in [-0.1, -0.05) is 20.3 Å². The standard InChI is InChI=1S/C22H28O5/c1-6-7-15-10-19(24)26-18-11-17(25-14(3)13(2)12-23)16-8-9-22(4,5)27-21(16)20(15)18/h8-11,13-14,23H,6-7,12H2,1-5H3/t13-,14+/m0/s1/i23T. The lowest BCUT2D eigenvalue weighted by Crippen LogP contribution is -2.29. The lowest BCUT2D eigenvalue weighted by Gasteiger charge is -2.31. The average molecular weight is 374 g/mol. The molecule has 146 valence electrons. The van der Waals surface area contributed by atoms with E-state index in [4.69, 9.17) is 15.3 Å². The van der Waals surface area contributed by atoms with Crippen LogP contribution in [-0.2, 0) is 6.42 Å². The number of benzene rings is 1. The third kappa shape index (κ3) is 3.88. The fourth-order valence-electron chi connectivity index (χ4n) is 3.23. The van der Waals surface area contributed by atoms with E-state index in [-0.39, 0.29) is 24.3 Å². The van der Waals surface area contributed by atoms with E-state index in [2.05, 4.69) is 12.0 Å². The van der Waals surface area contributed by atoms with Crippen molar-refractivity contribution in [3.63, 3.8) is 0 Å². The summed E-state index contributed by atoms with van der Waals surface area (Å²) in [5, 5.41) is 5.33. The maximum atomic E-state index is 12.1. The van der Waals surface area contributed by atoms with Crippen molar-refractivity contribution in [2.24, 2.45) is 5.92 Å². The normalized spacial score (nSPS) is 17.7. The minimum Gasteiger partial charge on any atom is -0.489 e. The molecular formula is C22H28O5. The maximum absolute atomic E-state index is 12.1. The number of rotatable bonds is 7. The van der Waals surface area contributed by atoms with Crippen molar-refractivity contribution in [1.29, 1.82) is 1.43 Å². The summed E-state index contributed by atoms with van der Waals surface area (Å²) >= 11 is 0. The Morgan fingerprint density at radius 2 is 2.11 bits per heavy atom. The van der Waals surface area contributed by atoms with Crippen molar-refractivity contribution in [3.8, 4) is 11.5 Å². The second-order valence-electron chi connectivity index (χ2n) is 7.84. The van der Waals surface area contributed by atoms with E-state index in [0.717, 1.165) is 29.4 Å². The van der Waals surface area contributed by atoms with Crippen LogP contribution in [0.5, 0.6) is 11.5 Å². The SMILES string of the molecule is [3H]OC[C@H](C)[C@@H](C)Oc1cc2oc(=O)cc(CCC)c2c2c1C=CC(C)(C)O2. The van der Waals surface area contributed by atoms with Crippen LogP contribution in [0, 0.1) is 5.92 Å². The summed E-state index contributed by atoms with van der Waals surface area (Å²) in [6.07, 6.45) is 5.48. The molecule has 1 aromatic carbocycles. The summed E-state index contributed by atoms with van der Waals surface area (Å²) in [7, 11) is 0. The summed E-state index contributed by atoms with van der Waals surface area (Å²) in [6.45, 7) is 10.2. The Morgan fingerprint density at radius 3 is 2.81 bits per heavy atom. The Hall–Kier alpha value is -2.27. The van der Waals surface area contributed by atoms with E-state index in [0.29, 0.717) is 17.1 Å². The first-order valence-electron chi connectivity index (χ1n) is 9.93. The van der Waals surface area contributed by atoms with Crippen LogP contribution in [0.3, 0.4) is 0 Å². The molecule has 2 aromatic rings. The number of aryl methyl sites for hydroxylation is 1. The molecule has 0 aliphatic carbocycles. The molecule has 5 heteroatoms. The van der Waals surface area contributed by atoms with Crippen LogP contribution in [0.15, 0.2) is 27.4 Å². The largest absolute Gasteiger partial charge is 0.489 e. The summed E-state index contributed by atoms with van der Waals surface area (Å²) in [5.74, 6) is 1.30. The van der Waals surface area contributed by atoms with Gasteiger partial charge in [-0.3, -0.25) is 0 Å². The monoisotopic (exact) mass is 374 g/mol. The first-order valence-corrected chi connectivity index (χ1v) is 9.52. The van der Waals surface area contributed by atoms with Crippen LogP contribution in [0.25, 0.3) is 17.0 Å². The quantitative estimate of drug-likeness (QED) is 0.731. The molecule has 0 bridgehead atoms. The lowest BCUT2D eigenvalue weighted by molar-refractivity contribution is 0.108. The van der Waals surface area contributed by atoms with Crippen LogP contribution in [0.4, 0.5) is 0 Å². The highest BCUT2D eigenvalue weighted by molar-refractivity contribution is 5.94. The van der Waals surface area contributed by atoms with Gasteiger partial charge in [0, 0.05) is 24.7 Å². The fourth-order valence-corrected chi connectivity index (χ4v) is 3.23. The number of aliphatic hydroxyl groups is 1. The van der Waals surface area contributed by atoms with Crippen LogP contribution in [0.2, 0.25) is 0 Å². The van der Waals surface area contributed by atoms with Gasteiger partial charge < -0.3 is 19.0 Å². The molecule has 1 aromatic heterocycles. The van der Waals surface area contributed by atoms with Crippen LogP contribution in [0.1, 0.15) is 52.2 Å². The molecule has 0 amide bonds. The number of fused-ring (bicyclic) bond motifs is 3. The molecule has 0 saturated heterocycles. The molecule has 0 unspecified atom stereocenters. The summed E-state index contributed by atoms with van der Waals surface area (Å²) in [5.41, 5.74) is 1.37. The molecule has 0 fully saturated rings. The molecule has 5 nitrogen and oxygen atoms in total. The van der Waals surface area contributed by atoms with Crippen LogP contribution >= 0.6 is 0 Å². The molecule has 0 radical (unpaired) electrons. The molecule has 27 heavy (non-hydrogen) atoms. The summed E-state index contributed by atoms with van der Waals surface area (Å²) < 4.78 is 25.0. The van der Waals surface area contributed by atoms with Crippen molar-refractivity contribution >= 4 is 17.0 Å². The van der Waals surface area contributed by atoms with Crippen LogP contribution in [-0.4, -0.2) is 24.9 Å². The third-order valence-electron chi connectivity index (χ3n) is 4.98. The van der Waals surface area contributed by atoms with E-state index < -0.39 is 5.60 Å². The summed E-state index contributed by atoms with van der Waals surface area (Å²) in [6, 6.07) is 3.32. The van der Waals surface area contributed by atoms with Gasteiger partial charge in [0.05, 0.1) is 10.9 Å². The fraction of sp³-hybridized carbons (Fsp3) is 0.500. The Labute approximate surface area is 161 Å². The van der Waals surface area contributed by atoms with Gasteiger partial charge in [-0.2, -0.15) is 0 Å². The van der Waals surface area contributed by atoms with E-state index in [9.17, 15) is 4.79 Å². The van der Waals surface area contributed by atoms with E-state index in [1.54, 1.807) is 12.1 Å². The molecule has 0 saturated carbocycles. The highest BCUT2D eigenvalue weighted by atomic mass is 16.5. The van der Waals surface area contributed by atoms with Gasteiger partial charge in [-0.15, -0.1) is 0 Å². The van der Waals surface area contributed by atoms with Gasteiger partial charge in [0.1, 0.15) is 28.8 Å². The number of hydrogen-bond acceptors (Lipinski definition) is 5. The topological polar surface area (TPSA) is 68.9 Å². The van der Waals surface area contributed by atoms with Crippen molar-refractivity contribution in [2.75, 3.05) is 6.61 Å². The third-order valence-corrected chi connectivity index (χ3v) is 4.98. The Kier molecular flexibility index (Phi) is 4.96. The molecule has 0 spiro atoms. The minimum atomic E-state index is -0.476. The molecule has 1 aliphatic rings. The van der Waals surface area contributed by atoms with Gasteiger partial charge in [-0.25, -0.2) is 4.79 Å². The second kappa shape index (κ2) is 7.39. The maximum Gasteiger partial charge on any atom is 0.336 e. The van der Waals surface area contributed by atoms with Crippen LogP contribution < -0.4 is 15.1 Å². The first-order chi connectivity index (χ1) is 13.3. The van der Waals surface area contributed by atoms with Crippen molar-refractivity contribution in [1.82, 2.24) is 0 Å². The molecule has 3 rings (SSSR count). The smallest absolute Gasteiger partial charge is 0.336 e. The number of hydrogen-bond donors (Lipinski definition) is 1. The average Bonchev–Trinajstić information content (AvgIpc) is 2.60.